The molecule has 0 aromatic rings. The van der Waals surface area contributed by atoms with Crippen molar-refractivity contribution < 1.29 is 14.4 Å². The number of aliphatic hydroxyl groups is 1. The second-order valence-electron chi connectivity index (χ2n) is 7.94. The van der Waals surface area contributed by atoms with Crippen molar-refractivity contribution in [3.63, 3.8) is 0 Å². The molecule has 0 saturated carbocycles. The molecule has 2 aliphatic carbocycles. The molecule has 0 amide bonds. The van der Waals surface area contributed by atoms with Gasteiger partial charge in [0, 0.05) is 6.61 Å². The Morgan fingerprint density at radius 3 is 2.45 bits per heavy atom. The number of aliphatic hydroxyl groups excluding tert-OH is 1. The van der Waals surface area contributed by atoms with Crippen LogP contribution in [-0.2, 0) is 9.31 Å². The van der Waals surface area contributed by atoms with Gasteiger partial charge in [0.1, 0.15) is 0 Å². The summed E-state index contributed by atoms with van der Waals surface area (Å²) in [4.78, 5) is 0. The third-order valence-corrected chi connectivity index (χ3v) is 5.86. The predicted octanol–water partition coefficient (Wildman–Crippen LogP) is 3.89. The first-order chi connectivity index (χ1) is 10.3. The molecule has 1 aliphatic heterocycles. The minimum Gasteiger partial charge on any atom is -0.403 e. The molecule has 0 bridgehead atoms. The van der Waals surface area contributed by atoms with Gasteiger partial charge in [0.15, 0.2) is 0 Å². The van der Waals surface area contributed by atoms with Crippen LogP contribution in [-0.4, -0.2) is 30.0 Å². The summed E-state index contributed by atoms with van der Waals surface area (Å²) < 4.78 is 12.3. The summed E-state index contributed by atoms with van der Waals surface area (Å²) in [5, 5.41) is 9.27. The van der Waals surface area contributed by atoms with Gasteiger partial charge in [-0.05, 0) is 83.2 Å². The van der Waals surface area contributed by atoms with E-state index in [0.717, 1.165) is 19.2 Å². The van der Waals surface area contributed by atoms with Gasteiger partial charge in [0.05, 0.1) is 11.2 Å². The van der Waals surface area contributed by atoms with Crippen LogP contribution in [0.2, 0.25) is 6.32 Å². The number of hydrogen-bond acceptors (Lipinski definition) is 3. The molecule has 0 aromatic carbocycles. The van der Waals surface area contributed by atoms with Crippen LogP contribution in [0.1, 0.15) is 59.8 Å². The van der Waals surface area contributed by atoms with Gasteiger partial charge in [0.2, 0.25) is 0 Å². The van der Waals surface area contributed by atoms with E-state index in [1.165, 1.54) is 36.0 Å². The third kappa shape index (κ3) is 2.81. The summed E-state index contributed by atoms with van der Waals surface area (Å²) in [5.74, 6) is 0.542. The van der Waals surface area contributed by atoms with Crippen LogP contribution in [0.5, 0.6) is 0 Å². The molecule has 4 heteroatoms. The Balaban J connectivity index is 1.69. The van der Waals surface area contributed by atoms with E-state index in [9.17, 15) is 5.11 Å². The van der Waals surface area contributed by atoms with Gasteiger partial charge in [-0.1, -0.05) is 11.6 Å². The second-order valence-corrected chi connectivity index (χ2v) is 7.94. The lowest BCUT2D eigenvalue weighted by molar-refractivity contribution is 0.00578. The molecule has 1 saturated heterocycles. The van der Waals surface area contributed by atoms with Crippen LogP contribution < -0.4 is 0 Å². The van der Waals surface area contributed by atoms with E-state index >= 15 is 0 Å². The van der Waals surface area contributed by atoms with Crippen LogP contribution in [0.15, 0.2) is 22.8 Å². The Labute approximate surface area is 134 Å². The topological polar surface area (TPSA) is 38.7 Å². The van der Waals surface area contributed by atoms with Gasteiger partial charge in [-0.2, -0.15) is 0 Å². The fraction of sp³-hybridized carbons (Fsp3) is 0.778. The molecule has 3 nitrogen and oxygen atoms in total. The minimum atomic E-state index is -0.244. The lowest BCUT2D eigenvalue weighted by Gasteiger charge is -2.35. The highest BCUT2D eigenvalue weighted by molar-refractivity contribution is 6.45. The van der Waals surface area contributed by atoms with Crippen molar-refractivity contribution in [2.24, 2.45) is 5.92 Å². The molecule has 22 heavy (non-hydrogen) atoms. The zero-order chi connectivity index (χ0) is 16.0. The Bertz CT molecular complexity index is 488. The first-order valence-corrected chi connectivity index (χ1v) is 8.72. The summed E-state index contributed by atoms with van der Waals surface area (Å²) in [6.45, 7) is 8.71. The van der Waals surface area contributed by atoms with E-state index < -0.39 is 0 Å². The molecule has 3 rings (SSSR count). The molecule has 0 radical (unpaired) electrons. The van der Waals surface area contributed by atoms with E-state index in [1.54, 1.807) is 0 Å². The molecule has 3 aliphatic rings. The summed E-state index contributed by atoms with van der Waals surface area (Å²) >= 11 is 0. The highest BCUT2D eigenvalue weighted by Crippen LogP contribution is 2.48. The highest BCUT2D eigenvalue weighted by Gasteiger charge is 2.52. The van der Waals surface area contributed by atoms with Crippen molar-refractivity contribution in [3.8, 4) is 0 Å². The van der Waals surface area contributed by atoms with E-state index in [-0.39, 0.29) is 24.9 Å². The fourth-order valence-corrected chi connectivity index (χ4v) is 3.94. The van der Waals surface area contributed by atoms with Crippen molar-refractivity contribution in [1.82, 2.24) is 0 Å². The molecule has 1 unspecified atom stereocenters. The van der Waals surface area contributed by atoms with Crippen molar-refractivity contribution in [2.45, 2.75) is 77.3 Å². The summed E-state index contributed by atoms with van der Waals surface area (Å²) in [7, 11) is -0.109. The first-order valence-electron chi connectivity index (χ1n) is 8.72. The van der Waals surface area contributed by atoms with Gasteiger partial charge in [-0.15, -0.1) is 0 Å². The average Bonchev–Trinajstić information content (AvgIpc) is 2.95. The normalized spacial score (nSPS) is 29.8. The van der Waals surface area contributed by atoms with Crippen molar-refractivity contribution in [1.29, 1.82) is 0 Å². The van der Waals surface area contributed by atoms with Gasteiger partial charge in [-0.25, -0.2) is 0 Å². The first kappa shape index (κ1) is 16.3. The Kier molecular flexibility index (Phi) is 4.30. The predicted molar refractivity (Wildman–Crippen MR) is 89.7 cm³/mol. The monoisotopic (exact) mass is 304 g/mol. The number of rotatable bonds is 5. The van der Waals surface area contributed by atoms with Crippen LogP contribution >= 0.6 is 0 Å². The largest absolute Gasteiger partial charge is 0.458 e. The SMILES string of the molecule is CC1(C)OB(CC2CC(CCO)=C2C2=CCCC2)OC1(C)C. The van der Waals surface area contributed by atoms with Crippen molar-refractivity contribution in [2.75, 3.05) is 6.61 Å². The summed E-state index contributed by atoms with van der Waals surface area (Å²) in [6.07, 6.45) is 8.93. The minimum absolute atomic E-state index is 0.109. The molecular formula is C18H29BO3. The Morgan fingerprint density at radius 1 is 1.23 bits per heavy atom. The van der Waals surface area contributed by atoms with Crippen molar-refractivity contribution in [3.05, 3.63) is 22.8 Å². The van der Waals surface area contributed by atoms with Crippen LogP contribution in [0.3, 0.4) is 0 Å². The molecule has 1 atom stereocenters. The van der Waals surface area contributed by atoms with Gasteiger partial charge < -0.3 is 14.4 Å². The maximum Gasteiger partial charge on any atom is 0.458 e. The summed E-state index contributed by atoms with van der Waals surface area (Å²) in [5.41, 5.74) is 4.01. The van der Waals surface area contributed by atoms with Gasteiger partial charge in [-0.3, -0.25) is 0 Å². The van der Waals surface area contributed by atoms with Crippen LogP contribution in [0.25, 0.3) is 0 Å². The van der Waals surface area contributed by atoms with E-state index in [0.29, 0.717) is 5.92 Å². The quantitative estimate of drug-likeness (QED) is 0.783. The smallest absolute Gasteiger partial charge is 0.403 e. The third-order valence-electron chi connectivity index (χ3n) is 5.86. The van der Waals surface area contributed by atoms with Gasteiger partial charge >= 0.3 is 7.12 Å². The molecule has 122 valence electrons. The van der Waals surface area contributed by atoms with Gasteiger partial charge in [0.25, 0.3) is 0 Å². The zero-order valence-corrected chi connectivity index (χ0v) is 14.4. The molecule has 0 spiro atoms. The van der Waals surface area contributed by atoms with E-state index in [1.807, 2.05) is 0 Å². The molecule has 1 heterocycles. The maximum atomic E-state index is 9.27. The summed E-state index contributed by atoms with van der Waals surface area (Å²) in [6, 6.07) is 0. The molecule has 1 fully saturated rings. The number of allylic oxidation sites excluding steroid dienone is 3. The Hall–Kier alpha value is -0.575. The van der Waals surface area contributed by atoms with E-state index in [2.05, 4.69) is 33.8 Å². The Morgan fingerprint density at radius 2 is 1.91 bits per heavy atom. The van der Waals surface area contributed by atoms with E-state index in [4.69, 9.17) is 9.31 Å². The molecule has 1 N–H and O–H groups in total. The fourth-order valence-electron chi connectivity index (χ4n) is 3.94. The number of hydrogen-bond donors (Lipinski definition) is 1. The zero-order valence-electron chi connectivity index (χ0n) is 14.4. The lowest BCUT2D eigenvalue weighted by Crippen LogP contribution is -2.41. The maximum absolute atomic E-state index is 9.27. The second kappa shape index (κ2) is 5.81. The van der Waals surface area contributed by atoms with Crippen LogP contribution in [0.4, 0.5) is 0 Å². The standard InChI is InChI=1S/C18H29BO3/c1-17(2)18(3,4)22-19(21-17)12-15-11-14(9-10-20)16(15)13-7-5-6-8-13/h7,15,20H,5-6,8-12H2,1-4H3. The molecular weight excluding hydrogens is 275 g/mol. The highest BCUT2D eigenvalue weighted by atomic mass is 16.7. The molecule has 0 aromatic heterocycles. The lowest BCUT2D eigenvalue weighted by atomic mass is 9.63. The van der Waals surface area contributed by atoms with Crippen molar-refractivity contribution >= 4 is 7.12 Å². The average molecular weight is 304 g/mol. The van der Waals surface area contributed by atoms with Crippen LogP contribution in [0, 0.1) is 5.92 Å².